The van der Waals surface area contributed by atoms with E-state index in [1.807, 2.05) is 17.0 Å². The smallest absolute Gasteiger partial charge is 0.230 e. The predicted octanol–water partition coefficient (Wildman–Crippen LogP) is 3.37. The molecule has 2 heterocycles. The monoisotopic (exact) mass is 359 g/mol. The Kier molecular flexibility index (Phi) is 4.82. The molecule has 0 bridgehead atoms. The van der Waals surface area contributed by atoms with E-state index in [2.05, 4.69) is 19.9 Å². The van der Waals surface area contributed by atoms with Gasteiger partial charge in [0.05, 0.1) is 24.7 Å². The molecule has 5 heteroatoms. The summed E-state index contributed by atoms with van der Waals surface area (Å²) in [7, 11) is 0. The summed E-state index contributed by atoms with van der Waals surface area (Å²) in [5.41, 5.74) is 0.799. The van der Waals surface area contributed by atoms with Crippen molar-refractivity contribution in [3.8, 4) is 11.5 Å². The van der Waals surface area contributed by atoms with E-state index in [9.17, 15) is 4.79 Å². The van der Waals surface area contributed by atoms with Crippen molar-refractivity contribution in [2.45, 2.75) is 51.0 Å². The Balaban J connectivity index is 1.67. The first kappa shape index (κ1) is 17.7. The molecule has 1 amide bonds. The summed E-state index contributed by atoms with van der Waals surface area (Å²) in [6, 6.07) is 6.05. The summed E-state index contributed by atoms with van der Waals surface area (Å²) < 4.78 is 17.0. The number of benzene rings is 1. The lowest BCUT2D eigenvalue weighted by atomic mass is 9.82. The fourth-order valence-corrected chi connectivity index (χ4v) is 4.60. The van der Waals surface area contributed by atoms with Gasteiger partial charge in [-0.05, 0) is 50.3 Å². The molecule has 0 spiro atoms. The Hall–Kier alpha value is -1.75. The Morgan fingerprint density at radius 2 is 1.85 bits per heavy atom. The zero-order chi connectivity index (χ0) is 18.1. The molecule has 4 rings (SSSR count). The second-order valence-electron chi connectivity index (χ2n) is 8.28. The van der Waals surface area contributed by atoms with Gasteiger partial charge in [0.2, 0.25) is 5.91 Å². The van der Waals surface area contributed by atoms with Crippen LogP contribution < -0.4 is 9.47 Å². The van der Waals surface area contributed by atoms with Gasteiger partial charge in [-0.3, -0.25) is 4.79 Å². The van der Waals surface area contributed by atoms with Crippen LogP contribution in [0.2, 0.25) is 0 Å². The molecule has 0 radical (unpaired) electrons. The molecule has 0 aromatic heterocycles. The number of amides is 1. The number of rotatable bonds is 3. The van der Waals surface area contributed by atoms with Gasteiger partial charge in [-0.2, -0.15) is 0 Å². The van der Waals surface area contributed by atoms with Crippen molar-refractivity contribution in [2.24, 2.45) is 5.92 Å². The molecular formula is C21H29NO4. The van der Waals surface area contributed by atoms with Crippen LogP contribution in [0.3, 0.4) is 0 Å². The van der Waals surface area contributed by atoms with Crippen LogP contribution in [-0.4, -0.2) is 49.3 Å². The average molecular weight is 359 g/mol. The highest BCUT2D eigenvalue weighted by molar-refractivity contribution is 5.85. The van der Waals surface area contributed by atoms with Crippen LogP contribution in [0.15, 0.2) is 18.2 Å². The first-order valence-electron chi connectivity index (χ1n) is 9.85. The summed E-state index contributed by atoms with van der Waals surface area (Å²) in [4.78, 5) is 15.7. The van der Waals surface area contributed by atoms with Gasteiger partial charge in [-0.15, -0.1) is 0 Å². The summed E-state index contributed by atoms with van der Waals surface area (Å²) in [5, 5.41) is 0. The first-order valence-corrected chi connectivity index (χ1v) is 9.85. The average Bonchev–Trinajstić information content (AvgIpc) is 3.15. The Morgan fingerprint density at radius 1 is 1.12 bits per heavy atom. The highest BCUT2D eigenvalue weighted by atomic mass is 16.6. The minimum Gasteiger partial charge on any atom is -0.486 e. The van der Waals surface area contributed by atoms with Crippen molar-refractivity contribution in [1.82, 2.24) is 4.90 Å². The molecule has 1 unspecified atom stereocenters. The quantitative estimate of drug-likeness (QED) is 0.830. The van der Waals surface area contributed by atoms with Crippen LogP contribution in [0, 0.1) is 5.92 Å². The Bertz CT molecular complexity index is 666. The molecule has 1 saturated carbocycles. The molecule has 2 fully saturated rings. The van der Waals surface area contributed by atoms with E-state index in [1.54, 1.807) is 0 Å². The van der Waals surface area contributed by atoms with E-state index in [0.29, 0.717) is 38.9 Å². The number of morpholine rings is 1. The topological polar surface area (TPSA) is 48.0 Å². The molecule has 2 aliphatic heterocycles. The molecule has 1 saturated heterocycles. The lowest BCUT2D eigenvalue weighted by Gasteiger charge is -2.44. The second-order valence-corrected chi connectivity index (χ2v) is 8.28. The van der Waals surface area contributed by atoms with Crippen LogP contribution >= 0.6 is 0 Å². The van der Waals surface area contributed by atoms with Crippen LogP contribution in [-0.2, 0) is 9.53 Å². The van der Waals surface area contributed by atoms with Crippen LogP contribution in [0.25, 0.3) is 0 Å². The molecule has 3 aliphatic rings. The molecule has 1 aliphatic carbocycles. The minimum absolute atomic E-state index is 0.106. The van der Waals surface area contributed by atoms with Gasteiger partial charge in [-0.25, -0.2) is 0 Å². The van der Waals surface area contributed by atoms with E-state index in [-0.39, 0.29) is 17.4 Å². The molecule has 142 valence electrons. The van der Waals surface area contributed by atoms with E-state index in [4.69, 9.17) is 14.2 Å². The molecule has 5 nitrogen and oxygen atoms in total. The zero-order valence-electron chi connectivity index (χ0n) is 15.8. The second kappa shape index (κ2) is 7.10. The van der Waals surface area contributed by atoms with Crippen molar-refractivity contribution in [2.75, 3.05) is 33.0 Å². The maximum atomic E-state index is 13.7. The summed E-state index contributed by atoms with van der Waals surface area (Å²) in [6.45, 7) is 7.22. The molecule has 1 aromatic carbocycles. The molecule has 0 N–H and O–H groups in total. The third-order valence-electron chi connectivity index (χ3n) is 5.97. The van der Waals surface area contributed by atoms with Crippen molar-refractivity contribution in [3.63, 3.8) is 0 Å². The van der Waals surface area contributed by atoms with Crippen molar-refractivity contribution in [3.05, 3.63) is 23.8 Å². The summed E-state index contributed by atoms with van der Waals surface area (Å²) >= 11 is 0. The van der Waals surface area contributed by atoms with Gasteiger partial charge in [0.15, 0.2) is 11.5 Å². The van der Waals surface area contributed by atoms with Gasteiger partial charge in [0.1, 0.15) is 13.2 Å². The lowest BCUT2D eigenvalue weighted by molar-refractivity contribution is -0.149. The maximum Gasteiger partial charge on any atom is 0.230 e. The third-order valence-corrected chi connectivity index (χ3v) is 5.97. The number of carbonyl (C=O) groups excluding carboxylic acids is 1. The third kappa shape index (κ3) is 3.29. The van der Waals surface area contributed by atoms with Crippen LogP contribution in [0.4, 0.5) is 0 Å². The number of fused-ring (bicyclic) bond motifs is 1. The maximum absolute atomic E-state index is 13.7. The highest BCUT2D eigenvalue weighted by Gasteiger charge is 2.41. The Morgan fingerprint density at radius 3 is 2.58 bits per heavy atom. The Labute approximate surface area is 155 Å². The van der Waals surface area contributed by atoms with Crippen molar-refractivity contribution in [1.29, 1.82) is 0 Å². The van der Waals surface area contributed by atoms with Gasteiger partial charge in [-0.1, -0.05) is 18.9 Å². The van der Waals surface area contributed by atoms with E-state index in [1.165, 1.54) is 12.8 Å². The molecule has 1 atom stereocenters. The first-order chi connectivity index (χ1) is 12.6. The van der Waals surface area contributed by atoms with Gasteiger partial charge < -0.3 is 19.1 Å². The number of ether oxygens (including phenoxy) is 3. The number of nitrogens with zero attached hydrogens (tertiary/aromatic N) is 1. The van der Waals surface area contributed by atoms with Crippen LogP contribution in [0.1, 0.15) is 51.0 Å². The number of hydrogen-bond acceptors (Lipinski definition) is 4. The van der Waals surface area contributed by atoms with Crippen LogP contribution in [0.5, 0.6) is 11.5 Å². The van der Waals surface area contributed by atoms with Gasteiger partial charge >= 0.3 is 0 Å². The predicted molar refractivity (Wildman–Crippen MR) is 98.7 cm³/mol. The number of hydrogen-bond donors (Lipinski definition) is 0. The fourth-order valence-electron chi connectivity index (χ4n) is 4.60. The van der Waals surface area contributed by atoms with E-state index < -0.39 is 0 Å². The lowest BCUT2D eigenvalue weighted by Crippen LogP contribution is -2.57. The van der Waals surface area contributed by atoms with Crippen molar-refractivity contribution >= 4 is 5.91 Å². The molecule has 26 heavy (non-hydrogen) atoms. The molecule has 1 aromatic rings. The highest BCUT2D eigenvalue weighted by Crippen LogP contribution is 2.42. The normalized spacial score (nSPS) is 23.7. The fraction of sp³-hybridized carbons (Fsp3) is 0.667. The zero-order valence-corrected chi connectivity index (χ0v) is 15.8. The summed E-state index contributed by atoms with van der Waals surface area (Å²) in [6.07, 6.45) is 4.67. The summed E-state index contributed by atoms with van der Waals surface area (Å²) in [5.74, 6) is 2.09. The SMILES string of the molecule is CC1(C)COCCN1C(=O)C(c1ccc2c(c1)OCCO2)C1CCCC1. The van der Waals surface area contributed by atoms with Gasteiger partial charge in [0.25, 0.3) is 0 Å². The largest absolute Gasteiger partial charge is 0.486 e. The van der Waals surface area contributed by atoms with Crippen molar-refractivity contribution < 1.29 is 19.0 Å². The number of carbonyl (C=O) groups is 1. The standard InChI is InChI=1S/C21H29NO4/c1-21(2)14-24-10-9-22(21)20(23)19(15-5-3-4-6-15)16-7-8-17-18(13-16)26-12-11-25-17/h7-8,13,15,19H,3-6,9-12,14H2,1-2H3. The van der Waals surface area contributed by atoms with E-state index >= 15 is 0 Å². The minimum atomic E-state index is -0.264. The van der Waals surface area contributed by atoms with E-state index in [0.717, 1.165) is 29.9 Å². The molecular weight excluding hydrogens is 330 g/mol. The van der Waals surface area contributed by atoms with Gasteiger partial charge in [0, 0.05) is 6.54 Å².